The molecule has 7 heteroatoms. The van der Waals surface area contributed by atoms with Gasteiger partial charge in [0.15, 0.2) is 0 Å². The fourth-order valence-electron chi connectivity index (χ4n) is 5.41. The predicted molar refractivity (Wildman–Crippen MR) is 154 cm³/mol. The molecule has 3 aromatic carbocycles. The van der Waals surface area contributed by atoms with Gasteiger partial charge >= 0.3 is 0 Å². The highest BCUT2D eigenvalue weighted by atomic mass is 35.5. The van der Waals surface area contributed by atoms with Crippen LogP contribution in [0.2, 0.25) is 5.02 Å². The molecule has 3 aromatic rings. The van der Waals surface area contributed by atoms with Gasteiger partial charge in [0.1, 0.15) is 11.9 Å². The number of amides is 1. The average molecular weight is 543 g/mol. The van der Waals surface area contributed by atoms with E-state index >= 15 is 0 Å². The summed E-state index contributed by atoms with van der Waals surface area (Å²) in [6, 6.07) is 26.0. The molecule has 2 heterocycles. The highest BCUT2D eigenvalue weighted by molar-refractivity contribution is 6.34. The number of rotatable bonds is 8. The maximum Gasteiger partial charge on any atom is 0.253 e. The van der Waals surface area contributed by atoms with Gasteiger partial charge in [-0.05, 0) is 67.1 Å². The number of hydrogen-bond donors (Lipinski definition) is 1. The number of piperidine rings is 2. The molecule has 5 rings (SSSR count). The van der Waals surface area contributed by atoms with Crippen LogP contribution in [-0.2, 0) is 13.1 Å². The number of halogens is 1. The maximum absolute atomic E-state index is 13.0. The summed E-state index contributed by atoms with van der Waals surface area (Å²) in [5.41, 5.74) is 3.72. The molecule has 0 radical (unpaired) electrons. The Morgan fingerprint density at radius 1 is 0.872 bits per heavy atom. The summed E-state index contributed by atoms with van der Waals surface area (Å²) < 4.78 is 6.23. The van der Waals surface area contributed by atoms with E-state index in [0.29, 0.717) is 21.9 Å². The second-order valence-corrected chi connectivity index (χ2v) is 11.0. The molecule has 0 saturated carbocycles. The fraction of sp³-hybridized carbons (Fsp3) is 0.375. The third kappa shape index (κ3) is 7.60. The van der Waals surface area contributed by atoms with E-state index in [-0.39, 0.29) is 18.1 Å². The quantitative estimate of drug-likeness (QED) is 0.398. The predicted octanol–water partition coefficient (Wildman–Crippen LogP) is 5.65. The van der Waals surface area contributed by atoms with Crippen LogP contribution in [0.15, 0.2) is 72.8 Å². The second kappa shape index (κ2) is 13.1. The molecule has 2 aliphatic heterocycles. The second-order valence-electron chi connectivity index (χ2n) is 10.6. The molecule has 2 fully saturated rings. The lowest BCUT2D eigenvalue weighted by atomic mass is 10.0. The number of nitrogens with one attached hydrogen (secondary N) is 1. The van der Waals surface area contributed by atoms with Crippen LogP contribution in [0.1, 0.15) is 52.7 Å². The summed E-state index contributed by atoms with van der Waals surface area (Å²) in [5, 5.41) is 12.6. The van der Waals surface area contributed by atoms with Crippen LogP contribution >= 0.6 is 11.6 Å². The Morgan fingerprint density at radius 2 is 1.49 bits per heavy atom. The minimum absolute atomic E-state index is 0.121. The van der Waals surface area contributed by atoms with Gasteiger partial charge in [-0.25, -0.2) is 0 Å². The average Bonchev–Trinajstić information content (AvgIpc) is 2.96. The zero-order valence-corrected chi connectivity index (χ0v) is 22.9. The monoisotopic (exact) mass is 542 g/mol. The first-order chi connectivity index (χ1) is 19.1. The van der Waals surface area contributed by atoms with E-state index in [1.807, 2.05) is 36.4 Å². The van der Waals surface area contributed by atoms with Crippen LogP contribution in [0.4, 0.5) is 0 Å². The molecular formula is C32H35ClN4O2. The molecule has 2 aliphatic rings. The van der Waals surface area contributed by atoms with Crippen LogP contribution in [-0.4, -0.2) is 54.0 Å². The third-order valence-corrected chi connectivity index (χ3v) is 8.00. The van der Waals surface area contributed by atoms with Crippen LogP contribution in [0.3, 0.4) is 0 Å². The van der Waals surface area contributed by atoms with Crippen molar-refractivity contribution in [2.24, 2.45) is 0 Å². The molecular weight excluding hydrogens is 508 g/mol. The van der Waals surface area contributed by atoms with Crippen molar-refractivity contribution >= 4 is 17.5 Å². The standard InChI is InChI=1S/C32H35ClN4O2/c33-31-20-29(39-28-14-18-37(19-15-28)23-26-8-6-24(21-34)7-9-26)10-11-30(31)32(38)35-27-12-16-36(17-13-27)22-25-4-2-1-3-5-25/h1-11,20,27-28H,12-19,22-23H2,(H,35,38). The minimum Gasteiger partial charge on any atom is -0.490 e. The molecule has 0 aliphatic carbocycles. The molecule has 0 bridgehead atoms. The van der Waals surface area contributed by atoms with Crippen LogP contribution in [0.25, 0.3) is 0 Å². The van der Waals surface area contributed by atoms with E-state index in [0.717, 1.165) is 65.0 Å². The van der Waals surface area contributed by atoms with Crippen molar-refractivity contribution in [1.82, 2.24) is 15.1 Å². The highest BCUT2D eigenvalue weighted by Gasteiger charge is 2.24. The zero-order valence-electron chi connectivity index (χ0n) is 22.2. The summed E-state index contributed by atoms with van der Waals surface area (Å²) in [7, 11) is 0. The lowest BCUT2D eigenvalue weighted by Gasteiger charge is -2.32. The number of nitrogens with zero attached hydrogens (tertiary/aromatic N) is 3. The van der Waals surface area contributed by atoms with Crippen LogP contribution in [0.5, 0.6) is 5.75 Å². The van der Waals surface area contributed by atoms with Gasteiger partial charge in [-0.2, -0.15) is 5.26 Å². The minimum atomic E-state index is -0.121. The van der Waals surface area contributed by atoms with E-state index < -0.39 is 0 Å². The topological polar surface area (TPSA) is 68.6 Å². The number of hydrogen-bond acceptors (Lipinski definition) is 5. The molecule has 2 saturated heterocycles. The Morgan fingerprint density at radius 3 is 2.10 bits per heavy atom. The lowest BCUT2D eigenvalue weighted by molar-refractivity contribution is 0.0908. The van der Waals surface area contributed by atoms with Gasteiger partial charge in [-0.15, -0.1) is 0 Å². The molecule has 202 valence electrons. The third-order valence-electron chi connectivity index (χ3n) is 7.68. The lowest BCUT2D eigenvalue weighted by Crippen LogP contribution is -2.44. The van der Waals surface area contributed by atoms with Crippen molar-refractivity contribution < 1.29 is 9.53 Å². The smallest absolute Gasteiger partial charge is 0.253 e. The van der Waals surface area contributed by atoms with Crippen molar-refractivity contribution in [3.63, 3.8) is 0 Å². The Bertz CT molecular complexity index is 1280. The van der Waals surface area contributed by atoms with Crippen molar-refractivity contribution in [3.8, 4) is 11.8 Å². The van der Waals surface area contributed by atoms with Gasteiger partial charge in [0.2, 0.25) is 0 Å². The van der Waals surface area contributed by atoms with E-state index in [2.05, 4.69) is 45.5 Å². The van der Waals surface area contributed by atoms with Crippen LogP contribution < -0.4 is 10.1 Å². The molecule has 1 N–H and O–H groups in total. The molecule has 39 heavy (non-hydrogen) atoms. The van der Waals surface area contributed by atoms with Crippen LogP contribution in [0, 0.1) is 11.3 Å². The SMILES string of the molecule is N#Cc1ccc(CN2CCC(Oc3ccc(C(=O)NC4CCN(Cc5ccccc5)CC4)c(Cl)c3)CC2)cc1. The van der Waals surface area contributed by atoms with E-state index in [1.54, 1.807) is 12.1 Å². The van der Waals surface area contributed by atoms with E-state index in [1.165, 1.54) is 11.1 Å². The van der Waals surface area contributed by atoms with Crippen molar-refractivity contribution in [1.29, 1.82) is 5.26 Å². The molecule has 0 aromatic heterocycles. The first-order valence-electron chi connectivity index (χ1n) is 13.8. The number of likely N-dealkylation sites (tertiary alicyclic amines) is 2. The summed E-state index contributed by atoms with van der Waals surface area (Å²) in [6.45, 7) is 5.65. The number of carbonyl (C=O) groups is 1. The first-order valence-corrected chi connectivity index (χ1v) is 14.2. The van der Waals surface area contributed by atoms with Crippen molar-refractivity contribution in [2.45, 2.75) is 50.9 Å². The summed E-state index contributed by atoms with van der Waals surface area (Å²) >= 11 is 6.53. The van der Waals surface area contributed by atoms with Gasteiger partial charge < -0.3 is 10.1 Å². The highest BCUT2D eigenvalue weighted by Crippen LogP contribution is 2.26. The van der Waals surface area contributed by atoms with Gasteiger partial charge in [0.25, 0.3) is 5.91 Å². The number of carbonyl (C=O) groups excluding carboxylic acids is 1. The Balaban J connectivity index is 1.05. The van der Waals surface area contributed by atoms with Crippen molar-refractivity contribution in [3.05, 3.63) is 100 Å². The molecule has 0 unspecified atom stereocenters. The normalized spacial score (nSPS) is 17.4. The van der Waals surface area contributed by atoms with Gasteiger partial charge in [0, 0.05) is 45.3 Å². The largest absolute Gasteiger partial charge is 0.490 e. The van der Waals surface area contributed by atoms with Gasteiger partial charge in [0.05, 0.1) is 22.2 Å². The molecule has 0 spiro atoms. The molecule has 1 amide bonds. The molecule has 0 atom stereocenters. The summed E-state index contributed by atoms with van der Waals surface area (Å²) in [6.07, 6.45) is 3.85. The van der Waals surface area contributed by atoms with E-state index in [4.69, 9.17) is 21.6 Å². The van der Waals surface area contributed by atoms with Gasteiger partial charge in [-0.3, -0.25) is 14.6 Å². The summed E-state index contributed by atoms with van der Waals surface area (Å²) in [4.78, 5) is 17.8. The Hall–Kier alpha value is -3.37. The number of nitriles is 1. The number of benzene rings is 3. The Kier molecular flexibility index (Phi) is 9.15. The van der Waals surface area contributed by atoms with Gasteiger partial charge in [-0.1, -0.05) is 54.1 Å². The van der Waals surface area contributed by atoms with Crippen molar-refractivity contribution in [2.75, 3.05) is 26.2 Å². The number of ether oxygens (including phenoxy) is 1. The first kappa shape index (κ1) is 27.2. The van der Waals surface area contributed by atoms with E-state index in [9.17, 15) is 4.79 Å². The maximum atomic E-state index is 13.0. The summed E-state index contributed by atoms with van der Waals surface area (Å²) in [5.74, 6) is 0.584. The molecule has 6 nitrogen and oxygen atoms in total. The fourth-order valence-corrected chi connectivity index (χ4v) is 5.67. The zero-order chi connectivity index (χ0) is 27.0. The Labute approximate surface area is 236 Å².